The van der Waals surface area contributed by atoms with Crippen LogP contribution in [0, 0.1) is 0 Å². The lowest BCUT2D eigenvalue weighted by Gasteiger charge is -2.25. The molecule has 3 rings (SSSR count). The molecule has 28 heavy (non-hydrogen) atoms. The molecule has 2 amide bonds. The molecule has 2 aromatic rings. The summed E-state index contributed by atoms with van der Waals surface area (Å²) in [6.07, 6.45) is 7.08. The van der Waals surface area contributed by atoms with E-state index in [2.05, 4.69) is 15.2 Å². The Balaban J connectivity index is 1.63. The van der Waals surface area contributed by atoms with Crippen LogP contribution in [-0.4, -0.2) is 61.2 Å². The van der Waals surface area contributed by atoms with Crippen LogP contribution in [-0.2, 0) is 0 Å². The zero-order valence-electron chi connectivity index (χ0n) is 16.8. The molecule has 1 atom stereocenters. The van der Waals surface area contributed by atoms with Crippen molar-refractivity contribution in [3.05, 3.63) is 59.9 Å². The van der Waals surface area contributed by atoms with Crippen molar-refractivity contribution in [2.24, 2.45) is 0 Å². The summed E-state index contributed by atoms with van der Waals surface area (Å²) in [5.41, 5.74) is 2.00. The third kappa shape index (κ3) is 5.45. The highest BCUT2D eigenvalue weighted by Gasteiger charge is 2.19. The average Bonchev–Trinajstić information content (AvgIpc) is 3.26. The first kappa shape index (κ1) is 20.1. The molecular weight excluding hydrogens is 352 g/mol. The Hall–Kier alpha value is -2.60. The maximum absolute atomic E-state index is 12.8. The van der Waals surface area contributed by atoms with Gasteiger partial charge in [-0.05, 0) is 74.3 Å². The molecule has 1 aliphatic heterocycles. The molecule has 1 fully saturated rings. The quantitative estimate of drug-likeness (QED) is 0.761. The van der Waals surface area contributed by atoms with Gasteiger partial charge in [-0.2, -0.15) is 0 Å². The number of carbonyl (C=O) groups excluding carboxylic acids is 1. The molecule has 0 aliphatic carbocycles. The average molecular weight is 383 g/mol. The highest BCUT2D eigenvalue weighted by atomic mass is 16.5. The molecule has 0 bridgehead atoms. The first-order chi connectivity index (χ1) is 13.7. The van der Waals surface area contributed by atoms with Crippen LogP contribution in [0.4, 0.5) is 4.79 Å². The maximum Gasteiger partial charge on any atom is 0.317 e. The van der Waals surface area contributed by atoms with E-state index in [1.807, 2.05) is 43.4 Å². The van der Waals surface area contributed by atoms with E-state index in [4.69, 9.17) is 4.74 Å². The zero-order chi connectivity index (χ0) is 19.8. The normalized spacial score (nSPS) is 15.2. The summed E-state index contributed by atoms with van der Waals surface area (Å²) in [7, 11) is 3.51. The number of rotatable bonds is 8. The third-order valence-electron chi connectivity index (χ3n) is 5.27. The summed E-state index contributed by atoms with van der Waals surface area (Å²) < 4.78 is 5.25. The van der Waals surface area contributed by atoms with E-state index in [0.29, 0.717) is 0 Å². The summed E-state index contributed by atoms with van der Waals surface area (Å²) in [4.78, 5) is 21.2. The topological polar surface area (TPSA) is 57.7 Å². The first-order valence-corrected chi connectivity index (χ1v) is 9.95. The van der Waals surface area contributed by atoms with Crippen molar-refractivity contribution in [3.63, 3.8) is 0 Å². The van der Waals surface area contributed by atoms with E-state index in [9.17, 15) is 4.79 Å². The fourth-order valence-corrected chi connectivity index (χ4v) is 3.58. The Morgan fingerprint density at radius 2 is 1.79 bits per heavy atom. The zero-order valence-corrected chi connectivity index (χ0v) is 16.8. The van der Waals surface area contributed by atoms with Gasteiger partial charge in [0.15, 0.2) is 0 Å². The maximum atomic E-state index is 12.8. The number of pyridine rings is 1. The Kier molecular flexibility index (Phi) is 7.25. The number of hydrogen-bond acceptors (Lipinski definition) is 4. The van der Waals surface area contributed by atoms with Crippen molar-refractivity contribution in [2.45, 2.75) is 25.3 Å². The summed E-state index contributed by atoms with van der Waals surface area (Å²) >= 11 is 0. The molecule has 1 aromatic carbocycles. The van der Waals surface area contributed by atoms with Crippen LogP contribution in [0.3, 0.4) is 0 Å². The Bertz CT molecular complexity index is 730. The van der Waals surface area contributed by atoms with Crippen molar-refractivity contribution < 1.29 is 9.53 Å². The molecule has 0 spiro atoms. The Labute approximate surface area is 167 Å². The third-order valence-corrected chi connectivity index (χ3v) is 5.27. The van der Waals surface area contributed by atoms with Gasteiger partial charge in [0, 0.05) is 26.0 Å². The summed E-state index contributed by atoms with van der Waals surface area (Å²) in [5.74, 6) is 0.794. The van der Waals surface area contributed by atoms with E-state index >= 15 is 0 Å². The second kappa shape index (κ2) is 10.1. The molecule has 1 aromatic heterocycles. The van der Waals surface area contributed by atoms with Gasteiger partial charge in [0.25, 0.3) is 0 Å². The fraction of sp³-hybridized carbons (Fsp3) is 0.455. The molecule has 2 heterocycles. The molecule has 1 N–H and O–H groups in total. The largest absolute Gasteiger partial charge is 0.497 e. The Morgan fingerprint density at radius 1 is 1.14 bits per heavy atom. The van der Waals surface area contributed by atoms with Crippen LogP contribution in [0.25, 0.3) is 0 Å². The summed E-state index contributed by atoms with van der Waals surface area (Å²) in [5, 5.41) is 3.17. The molecule has 1 saturated heterocycles. The fourth-order valence-electron chi connectivity index (χ4n) is 3.58. The number of urea groups is 1. The van der Waals surface area contributed by atoms with Crippen molar-refractivity contribution in [3.8, 4) is 5.75 Å². The van der Waals surface area contributed by atoms with Crippen molar-refractivity contribution in [1.82, 2.24) is 20.1 Å². The van der Waals surface area contributed by atoms with Gasteiger partial charge in [0.05, 0.1) is 13.2 Å². The van der Waals surface area contributed by atoms with E-state index in [0.717, 1.165) is 36.4 Å². The van der Waals surface area contributed by atoms with Crippen LogP contribution < -0.4 is 10.1 Å². The second-order valence-electron chi connectivity index (χ2n) is 7.26. The highest BCUT2D eigenvalue weighted by Crippen LogP contribution is 2.24. The molecule has 150 valence electrons. The number of hydrogen-bond donors (Lipinski definition) is 1. The number of nitrogens with one attached hydrogen (secondary N) is 1. The lowest BCUT2D eigenvalue weighted by Crippen LogP contribution is -2.40. The number of likely N-dealkylation sites (tertiary alicyclic amines) is 1. The van der Waals surface area contributed by atoms with E-state index in [1.54, 1.807) is 24.4 Å². The van der Waals surface area contributed by atoms with Crippen LogP contribution in [0.15, 0.2) is 48.8 Å². The van der Waals surface area contributed by atoms with Crippen LogP contribution in [0.2, 0.25) is 0 Å². The van der Waals surface area contributed by atoms with Gasteiger partial charge in [-0.25, -0.2) is 4.79 Å². The number of methoxy groups -OCH3 is 1. The number of amides is 2. The highest BCUT2D eigenvalue weighted by molar-refractivity contribution is 5.75. The van der Waals surface area contributed by atoms with Gasteiger partial charge < -0.3 is 19.9 Å². The molecule has 1 unspecified atom stereocenters. The van der Waals surface area contributed by atoms with Crippen LogP contribution in [0.5, 0.6) is 5.75 Å². The number of benzene rings is 1. The minimum absolute atomic E-state index is 0.0703. The van der Waals surface area contributed by atoms with Crippen LogP contribution >= 0.6 is 0 Å². The van der Waals surface area contributed by atoms with Gasteiger partial charge in [0.2, 0.25) is 0 Å². The predicted molar refractivity (Wildman–Crippen MR) is 111 cm³/mol. The molecule has 1 aliphatic rings. The van der Waals surface area contributed by atoms with Gasteiger partial charge in [0.1, 0.15) is 5.75 Å². The van der Waals surface area contributed by atoms with Gasteiger partial charge in [-0.1, -0.05) is 12.1 Å². The second-order valence-corrected chi connectivity index (χ2v) is 7.26. The predicted octanol–water partition coefficient (Wildman–Crippen LogP) is 3.31. The number of aromatic nitrogens is 1. The monoisotopic (exact) mass is 382 g/mol. The molecule has 0 radical (unpaired) electrons. The van der Waals surface area contributed by atoms with Crippen molar-refractivity contribution in [1.29, 1.82) is 0 Å². The number of nitrogens with zero attached hydrogens (tertiary/aromatic N) is 3. The summed E-state index contributed by atoms with van der Waals surface area (Å²) in [6, 6.07) is 11.4. The van der Waals surface area contributed by atoms with Gasteiger partial charge in [-0.15, -0.1) is 0 Å². The molecule has 6 nitrogen and oxygen atoms in total. The molecule has 0 saturated carbocycles. The number of ether oxygens (including phenoxy) is 1. The van der Waals surface area contributed by atoms with Crippen LogP contribution in [0.1, 0.15) is 36.4 Å². The standard InChI is InChI=1S/C22H30N4O2/c1-25(14-5-17-26-15-3-4-16-26)22(27)24-21(19-10-12-23-13-11-19)18-6-8-20(28-2)9-7-18/h6-13,21H,3-5,14-17H2,1-2H3,(H,24,27). The minimum atomic E-state index is -0.234. The lowest BCUT2D eigenvalue weighted by atomic mass is 9.99. The first-order valence-electron chi connectivity index (χ1n) is 9.95. The molecule has 6 heteroatoms. The molecular formula is C22H30N4O2. The van der Waals surface area contributed by atoms with E-state index < -0.39 is 0 Å². The number of carbonyl (C=O) groups is 1. The Morgan fingerprint density at radius 3 is 2.43 bits per heavy atom. The lowest BCUT2D eigenvalue weighted by molar-refractivity contribution is 0.203. The van der Waals surface area contributed by atoms with Crippen molar-refractivity contribution in [2.75, 3.05) is 40.3 Å². The smallest absolute Gasteiger partial charge is 0.317 e. The van der Waals surface area contributed by atoms with Gasteiger partial charge >= 0.3 is 6.03 Å². The van der Waals surface area contributed by atoms with E-state index in [1.165, 1.54) is 25.9 Å². The van der Waals surface area contributed by atoms with Gasteiger partial charge in [-0.3, -0.25) is 4.98 Å². The van der Waals surface area contributed by atoms with E-state index in [-0.39, 0.29) is 12.1 Å². The summed E-state index contributed by atoms with van der Waals surface area (Å²) in [6.45, 7) is 4.19. The SMILES string of the molecule is COc1ccc(C(NC(=O)N(C)CCCN2CCCC2)c2ccncc2)cc1. The van der Waals surface area contributed by atoms with Crippen molar-refractivity contribution >= 4 is 6.03 Å². The minimum Gasteiger partial charge on any atom is -0.497 e.